The van der Waals surface area contributed by atoms with E-state index in [1.807, 2.05) is 48.5 Å². The fourth-order valence-corrected chi connectivity index (χ4v) is 5.44. The summed E-state index contributed by atoms with van der Waals surface area (Å²) < 4.78 is 0. The lowest BCUT2D eigenvalue weighted by Gasteiger charge is -2.10. The lowest BCUT2D eigenvalue weighted by atomic mass is 9.97. The topological polar surface area (TPSA) is 90.4 Å². The van der Waals surface area contributed by atoms with Crippen LogP contribution in [0.5, 0.6) is 0 Å². The van der Waals surface area contributed by atoms with Gasteiger partial charge in [0.25, 0.3) is 0 Å². The molecule has 0 radical (unpaired) electrons. The Bertz CT molecular complexity index is 1890. The molecule has 0 amide bonds. The van der Waals surface area contributed by atoms with Crippen molar-refractivity contribution in [3.63, 3.8) is 0 Å². The second-order valence-corrected chi connectivity index (χ2v) is 11.0. The van der Waals surface area contributed by atoms with Crippen LogP contribution < -0.4 is 17.4 Å². The molecule has 4 heteroatoms. The number of hydrazine groups is 1. The Morgan fingerprint density at radius 3 is 1.47 bits per heavy atom. The molecule has 6 aromatic carbocycles. The molecule has 0 aliphatic heterocycles. The molecule has 0 unspecified atom stereocenters. The maximum absolute atomic E-state index is 6.54. The quantitative estimate of drug-likeness (QED) is 0.0625. The molecule has 0 bridgehead atoms. The number of aliphatic imine (C=N–C) groups is 1. The van der Waals surface area contributed by atoms with E-state index in [2.05, 4.69) is 145 Å². The average molecular weight is 613 g/mol. The lowest BCUT2D eigenvalue weighted by Crippen LogP contribution is -2.04. The monoisotopic (exact) mass is 612 g/mol. The van der Waals surface area contributed by atoms with Gasteiger partial charge in [0.1, 0.15) is 0 Å². The van der Waals surface area contributed by atoms with E-state index >= 15 is 0 Å². The first-order chi connectivity index (χ1) is 23.2. The van der Waals surface area contributed by atoms with E-state index in [1.165, 1.54) is 22.3 Å². The summed E-state index contributed by atoms with van der Waals surface area (Å²) >= 11 is 0. The molecule has 6 rings (SSSR count). The molecule has 6 N–H and O–H groups in total. The molecule has 47 heavy (non-hydrogen) atoms. The predicted octanol–water partition coefficient (Wildman–Crippen LogP) is 8.84. The number of benzene rings is 6. The van der Waals surface area contributed by atoms with Crippen molar-refractivity contribution < 1.29 is 0 Å². The van der Waals surface area contributed by atoms with Crippen LogP contribution in [0.2, 0.25) is 0 Å². The van der Waals surface area contributed by atoms with Gasteiger partial charge in [0.15, 0.2) is 0 Å². The van der Waals surface area contributed by atoms with Gasteiger partial charge in [-0.3, -0.25) is 16.7 Å². The molecule has 0 heterocycles. The van der Waals surface area contributed by atoms with Crippen LogP contribution in [-0.2, 0) is 13.0 Å². The van der Waals surface area contributed by atoms with Gasteiger partial charge in [0, 0.05) is 16.8 Å². The number of hydrogen-bond acceptors (Lipinski definition) is 4. The van der Waals surface area contributed by atoms with Crippen LogP contribution in [0.25, 0.3) is 22.4 Å². The minimum Gasteiger partial charge on any atom is -0.398 e. The normalized spacial score (nSPS) is 11.3. The number of hydrogen-bond donors (Lipinski definition) is 3. The summed E-state index contributed by atoms with van der Waals surface area (Å²) in [5, 5.41) is 0. The smallest absolute Gasteiger partial charge is 0.0723 e. The summed E-state index contributed by atoms with van der Waals surface area (Å²) in [6.45, 7) is 0.602. The maximum Gasteiger partial charge on any atom is 0.0723 e. The van der Waals surface area contributed by atoms with E-state index < -0.39 is 0 Å². The van der Waals surface area contributed by atoms with Crippen molar-refractivity contribution in [1.29, 1.82) is 0 Å². The highest BCUT2D eigenvalue weighted by Crippen LogP contribution is 2.25. The standard InChI is InChI=1S/C43H36N2.H4N2/c44-42(36-19-7-2-8-20-36)31-41(35-17-5-1-6-18-35)28-27-33-15-13-25-39(29-33)40-26-14-16-34(30-40)32-45-43(37-21-9-3-10-22-37)38-23-11-4-12-24-38;1-2/h1-26,28-31H,27,32,44H2;1-2H2/b41-28+,42-31-;. The van der Waals surface area contributed by atoms with E-state index in [-0.39, 0.29) is 0 Å². The lowest BCUT2D eigenvalue weighted by molar-refractivity contribution is 1.07. The Hall–Kier alpha value is -5.81. The molecule has 4 nitrogen and oxygen atoms in total. The fraction of sp³-hybridized carbons (Fsp3) is 0.0465. The summed E-state index contributed by atoms with van der Waals surface area (Å²) in [5.41, 5.74) is 18.6. The van der Waals surface area contributed by atoms with Crippen molar-refractivity contribution in [2.24, 2.45) is 22.4 Å². The van der Waals surface area contributed by atoms with Gasteiger partial charge in [-0.05, 0) is 57.5 Å². The molecule has 0 fully saturated rings. The van der Waals surface area contributed by atoms with Crippen LogP contribution in [0, 0.1) is 0 Å². The van der Waals surface area contributed by atoms with Crippen molar-refractivity contribution in [3.8, 4) is 11.1 Å². The number of nitrogens with zero attached hydrogens (tertiary/aromatic N) is 1. The number of nitrogens with two attached hydrogens (primary N) is 3. The first-order valence-corrected chi connectivity index (χ1v) is 15.7. The first kappa shape index (κ1) is 32.6. The van der Waals surface area contributed by atoms with E-state index in [0.717, 1.165) is 45.7 Å². The Morgan fingerprint density at radius 1 is 0.489 bits per heavy atom. The van der Waals surface area contributed by atoms with Crippen molar-refractivity contribution in [1.82, 2.24) is 0 Å². The third kappa shape index (κ3) is 9.12. The van der Waals surface area contributed by atoms with Gasteiger partial charge in [0.05, 0.1) is 12.3 Å². The van der Waals surface area contributed by atoms with Gasteiger partial charge < -0.3 is 5.73 Å². The molecule has 0 aliphatic rings. The fourth-order valence-electron chi connectivity index (χ4n) is 5.44. The maximum atomic E-state index is 6.54. The van der Waals surface area contributed by atoms with E-state index in [0.29, 0.717) is 6.54 Å². The van der Waals surface area contributed by atoms with Crippen LogP contribution in [0.4, 0.5) is 0 Å². The van der Waals surface area contributed by atoms with Crippen molar-refractivity contribution in [2.45, 2.75) is 13.0 Å². The molecule has 232 valence electrons. The van der Waals surface area contributed by atoms with Gasteiger partial charge in [-0.2, -0.15) is 0 Å². The molecule has 6 aromatic rings. The highest BCUT2D eigenvalue weighted by atomic mass is 15.0. The Kier molecular flexibility index (Phi) is 11.8. The zero-order valence-electron chi connectivity index (χ0n) is 26.4. The molecular formula is C43H40N4. The van der Waals surface area contributed by atoms with Gasteiger partial charge >= 0.3 is 0 Å². The molecule has 0 spiro atoms. The molecule has 0 saturated heterocycles. The SMILES string of the molecule is N/C(=C\C(=C/Cc1cccc(-c2cccc(CN=C(c3ccccc3)c3ccccc3)c2)c1)c1ccccc1)c1ccccc1.NN. The molecule has 0 saturated carbocycles. The minimum absolute atomic E-state index is 0.602. The van der Waals surface area contributed by atoms with Crippen molar-refractivity contribution >= 4 is 17.0 Å². The Labute approximate surface area is 278 Å². The van der Waals surface area contributed by atoms with Crippen LogP contribution in [0.1, 0.15) is 33.4 Å². The summed E-state index contributed by atoms with van der Waals surface area (Å²) in [5.74, 6) is 8.00. The zero-order chi connectivity index (χ0) is 32.7. The second-order valence-electron chi connectivity index (χ2n) is 11.0. The summed E-state index contributed by atoms with van der Waals surface area (Å²) in [6, 6.07) is 58.9. The first-order valence-electron chi connectivity index (χ1n) is 15.7. The number of rotatable bonds is 10. The van der Waals surface area contributed by atoms with E-state index in [1.54, 1.807) is 0 Å². The Balaban J connectivity index is 0.00000213. The largest absolute Gasteiger partial charge is 0.398 e. The second kappa shape index (κ2) is 17.0. The molecular weight excluding hydrogens is 573 g/mol. The molecule has 0 atom stereocenters. The van der Waals surface area contributed by atoms with Gasteiger partial charge in [-0.25, -0.2) is 0 Å². The Morgan fingerprint density at radius 2 is 0.936 bits per heavy atom. The molecule has 0 aliphatic carbocycles. The zero-order valence-corrected chi connectivity index (χ0v) is 26.4. The van der Waals surface area contributed by atoms with Crippen LogP contribution in [0.15, 0.2) is 187 Å². The van der Waals surface area contributed by atoms with Gasteiger partial charge in [-0.15, -0.1) is 0 Å². The minimum atomic E-state index is 0.602. The van der Waals surface area contributed by atoms with Crippen LogP contribution in [0.3, 0.4) is 0 Å². The van der Waals surface area contributed by atoms with Crippen LogP contribution >= 0.6 is 0 Å². The third-order valence-electron chi connectivity index (χ3n) is 7.78. The third-order valence-corrected chi connectivity index (χ3v) is 7.78. The number of allylic oxidation sites excluding steroid dienone is 3. The summed E-state index contributed by atoms with van der Waals surface area (Å²) in [4.78, 5) is 5.10. The molecule has 0 aromatic heterocycles. The highest BCUT2D eigenvalue weighted by molar-refractivity contribution is 6.12. The predicted molar refractivity (Wildman–Crippen MR) is 199 cm³/mol. The van der Waals surface area contributed by atoms with Crippen molar-refractivity contribution in [2.75, 3.05) is 0 Å². The van der Waals surface area contributed by atoms with Gasteiger partial charge in [0.2, 0.25) is 0 Å². The highest BCUT2D eigenvalue weighted by Gasteiger charge is 2.08. The van der Waals surface area contributed by atoms with E-state index in [9.17, 15) is 0 Å². The van der Waals surface area contributed by atoms with Crippen LogP contribution in [-0.4, -0.2) is 5.71 Å². The summed E-state index contributed by atoms with van der Waals surface area (Å²) in [6.07, 6.45) is 5.14. The van der Waals surface area contributed by atoms with Crippen molar-refractivity contribution in [3.05, 3.63) is 215 Å². The summed E-state index contributed by atoms with van der Waals surface area (Å²) in [7, 11) is 0. The van der Waals surface area contributed by atoms with Gasteiger partial charge in [-0.1, -0.05) is 170 Å². The van der Waals surface area contributed by atoms with E-state index in [4.69, 9.17) is 10.7 Å². The average Bonchev–Trinajstić information content (AvgIpc) is 3.16.